The third kappa shape index (κ3) is 3.74. The van der Waals surface area contributed by atoms with E-state index in [1.165, 1.54) is 76.2 Å². The molecular weight excluding hydrogens is 326 g/mol. The molecule has 0 saturated heterocycles. The predicted molar refractivity (Wildman–Crippen MR) is 117 cm³/mol. The van der Waals surface area contributed by atoms with Crippen molar-refractivity contribution in [3.8, 4) is 0 Å². The van der Waals surface area contributed by atoms with Crippen LogP contribution in [-0.4, -0.2) is 12.1 Å². The first-order valence-electron chi connectivity index (χ1n) is 11.5. The van der Waals surface area contributed by atoms with Crippen LogP contribution in [0.4, 0.5) is 0 Å². The lowest BCUT2D eigenvalue weighted by Gasteiger charge is -2.44. The van der Waals surface area contributed by atoms with Crippen molar-refractivity contribution in [3.63, 3.8) is 0 Å². The van der Waals surface area contributed by atoms with E-state index >= 15 is 0 Å². The average Bonchev–Trinajstić information content (AvgIpc) is 3.19. The molecule has 1 heteroatoms. The van der Waals surface area contributed by atoms with Crippen molar-refractivity contribution >= 4 is 0 Å². The molecule has 0 amide bonds. The Morgan fingerprint density at radius 2 is 1.89 bits per heavy atom. The summed E-state index contributed by atoms with van der Waals surface area (Å²) < 4.78 is 0. The highest BCUT2D eigenvalue weighted by atomic mass is 15.0. The van der Waals surface area contributed by atoms with E-state index in [-0.39, 0.29) is 0 Å². The molecule has 4 aliphatic rings. The molecule has 3 atom stereocenters. The second-order valence-corrected chi connectivity index (χ2v) is 11.3. The second kappa shape index (κ2) is 6.90. The Labute approximate surface area is 167 Å². The Bertz CT molecular complexity index is 674. The van der Waals surface area contributed by atoms with Gasteiger partial charge in [-0.2, -0.15) is 0 Å². The van der Waals surface area contributed by atoms with Crippen LogP contribution in [0.25, 0.3) is 0 Å². The normalized spacial score (nSPS) is 38.2. The van der Waals surface area contributed by atoms with E-state index in [9.17, 15) is 0 Å². The zero-order valence-corrected chi connectivity index (χ0v) is 18.3. The van der Waals surface area contributed by atoms with Crippen LogP contribution >= 0.6 is 0 Å². The number of fused-ring (bicyclic) bond motifs is 1. The van der Waals surface area contributed by atoms with E-state index in [1.54, 1.807) is 16.7 Å². The van der Waals surface area contributed by atoms with Crippen LogP contribution in [0.1, 0.15) is 98.3 Å². The molecule has 0 radical (unpaired) electrons. The van der Waals surface area contributed by atoms with E-state index in [4.69, 9.17) is 0 Å². The smallest absolute Gasteiger partial charge is 0.0173 e. The highest BCUT2D eigenvalue weighted by Crippen LogP contribution is 2.55. The SMILES string of the molecule is C=C(C)C1CCC2(C)CC(CNC3(C)CCC4(CCCC4)C3)=CC(C)=C2C1. The Balaban J connectivity index is 1.43. The fraction of sp³-hybridized carbons (Fsp3) is 0.769. The highest BCUT2D eigenvalue weighted by molar-refractivity contribution is 5.39. The summed E-state index contributed by atoms with van der Waals surface area (Å²) in [6, 6.07) is 0. The predicted octanol–water partition coefficient (Wildman–Crippen LogP) is 7.11. The lowest BCUT2D eigenvalue weighted by atomic mass is 9.61. The van der Waals surface area contributed by atoms with Crippen LogP contribution in [0.2, 0.25) is 0 Å². The summed E-state index contributed by atoms with van der Waals surface area (Å²) in [4.78, 5) is 0. The Hall–Kier alpha value is -0.820. The van der Waals surface area contributed by atoms with Gasteiger partial charge in [0.1, 0.15) is 0 Å². The van der Waals surface area contributed by atoms with E-state index < -0.39 is 0 Å². The van der Waals surface area contributed by atoms with Gasteiger partial charge in [-0.05, 0) is 95.3 Å². The molecule has 150 valence electrons. The van der Waals surface area contributed by atoms with Crippen LogP contribution < -0.4 is 5.32 Å². The Morgan fingerprint density at radius 3 is 2.59 bits per heavy atom. The van der Waals surface area contributed by atoms with Gasteiger partial charge < -0.3 is 5.32 Å². The summed E-state index contributed by atoms with van der Waals surface area (Å²) in [6.45, 7) is 14.9. The Kier molecular flexibility index (Phi) is 4.98. The maximum atomic E-state index is 4.24. The number of hydrogen-bond acceptors (Lipinski definition) is 1. The lowest BCUT2D eigenvalue weighted by molar-refractivity contribution is 0.249. The summed E-state index contributed by atoms with van der Waals surface area (Å²) in [5.41, 5.74) is 7.74. The fourth-order valence-corrected chi connectivity index (χ4v) is 7.13. The van der Waals surface area contributed by atoms with Gasteiger partial charge in [-0.25, -0.2) is 0 Å². The molecule has 1 nitrogen and oxygen atoms in total. The molecule has 0 aromatic heterocycles. The van der Waals surface area contributed by atoms with Gasteiger partial charge in [-0.3, -0.25) is 0 Å². The number of rotatable bonds is 4. The van der Waals surface area contributed by atoms with Crippen molar-refractivity contribution in [2.24, 2.45) is 16.7 Å². The first-order chi connectivity index (χ1) is 12.7. The average molecular weight is 368 g/mol. The van der Waals surface area contributed by atoms with E-state index in [2.05, 4.69) is 45.7 Å². The molecule has 4 rings (SSSR count). The van der Waals surface area contributed by atoms with Crippen LogP contribution in [-0.2, 0) is 0 Å². The van der Waals surface area contributed by atoms with Crippen molar-refractivity contribution in [1.82, 2.24) is 5.32 Å². The minimum atomic E-state index is 0.363. The van der Waals surface area contributed by atoms with Crippen LogP contribution in [0.5, 0.6) is 0 Å². The fourth-order valence-electron chi connectivity index (χ4n) is 7.13. The van der Waals surface area contributed by atoms with Crippen molar-refractivity contribution in [3.05, 3.63) is 34.9 Å². The summed E-state index contributed by atoms with van der Waals surface area (Å²) in [7, 11) is 0. The van der Waals surface area contributed by atoms with E-state index in [0.29, 0.717) is 22.3 Å². The number of allylic oxidation sites excluding steroid dienone is 4. The van der Waals surface area contributed by atoms with Gasteiger partial charge in [0, 0.05) is 12.1 Å². The van der Waals surface area contributed by atoms with Gasteiger partial charge in [0.15, 0.2) is 0 Å². The molecule has 0 aromatic rings. The molecule has 1 N–H and O–H groups in total. The lowest BCUT2D eigenvalue weighted by Crippen LogP contribution is -2.43. The maximum Gasteiger partial charge on any atom is 0.0173 e. The second-order valence-electron chi connectivity index (χ2n) is 11.3. The van der Waals surface area contributed by atoms with Gasteiger partial charge in [0.25, 0.3) is 0 Å². The maximum absolute atomic E-state index is 4.24. The van der Waals surface area contributed by atoms with Crippen molar-refractivity contribution in [2.75, 3.05) is 6.54 Å². The largest absolute Gasteiger partial charge is 0.308 e. The molecule has 0 aromatic carbocycles. The summed E-state index contributed by atoms with van der Waals surface area (Å²) in [5.74, 6) is 0.705. The van der Waals surface area contributed by atoms with Gasteiger partial charge in [-0.15, -0.1) is 0 Å². The van der Waals surface area contributed by atoms with Crippen LogP contribution in [0.15, 0.2) is 34.9 Å². The third-order valence-corrected chi connectivity index (χ3v) is 8.81. The topological polar surface area (TPSA) is 12.0 Å². The van der Waals surface area contributed by atoms with Gasteiger partial charge >= 0.3 is 0 Å². The molecule has 3 fully saturated rings. The van der Waals surface area contributed by atoms with Crippen molar-refractivity contribution in [1.29, 1.82) is 0 Å². The quantitative estimate of drug-likeness (QED) is 0.522. The monoisotopic (exact) mass is 367 g/mol. The standard InChI is InChI=1S/C26H41N/c1-19(2)22-8-11-24(4)16-21(14-20(3)23(24)15-22)17-27-25(5)12-13-26(18-25)9-6-7-10-26/h14,22,27H,1,6-13,15-18H2,2-5H3. The van der Waals surface area contributed by atoms with E-state index in [0.717, 1.165) is 6.54 Å². The number of hydrogen-bond donors (Lipinski definition) is 1. The zero-order chi connectivity index (χ0) is 19.3. The summed E-state index contributed by atoms with van der Waals surface area (Å²) >= 11 is 0. The van der Waals surface area contributed by atoms with Crippen LogP contribution in [0, 0.1) is 16.7 Å². The first kappa shape index (κ1) is 19.5. The molecule has 27 heavy (non-hydrogen) atoms. The first-order valence-corrected chi connectivity index (χ1v) is 11.5. The van der Waals surface area contributed by atoms with Crippen molar-refractivity contribution < 1.29 is 0 Å². The molecule has 4 aliphatic carbocycles. The highest BCUT2D eigenvalue weighted by Gasteiger charge is 2.46. The zero-order valence-electron chi connectivity index (χ0n) is 18.3. The van der Waals surface area contributed by atoms with Crippen molar-refractivity contribution in [2.45, 2.75) is 104 Å². The summed E-state index contributed by atoms with van der Waals surface area (Å²) in [5, 5.41) is 4.03. The van der Waals surface area contributed by atoms with E-state index in [1.807, 2.05) is 0 Å². The summed E-state index contributed by atoms with van der Waals surface area (Å²) in [6.07, 6.45) is 17.8. The molecule has 1 spiro atoms. The molecule has 3 saturated carbocycles. The molecule has 3 unspecified atom stereocenters. The minimum absolute atomic E-state index is 0.363. The van der Waals surface area contributed by atoms with Gasteiger partial charge in [0.2, 0.25) is 0 Å². The third-order valence-electron chi connectivity index (χ3n) is 8.81. The number of nitrogens with one attached hydrogen (secondary N) is 1. The van der Waals surface area contributed by atoms with Gasteiger partial charge in [-0.1, -0.05) is 54.7 Å². The van der Waals surface area contributed by atoms with Crippen LogP contribution in [0.3, 0.4) is 0 Å². The minimum Gasteiger partial charge on any atom is -0.308 e. The molecule has 0 heterocycles. The molecule has 0 aliphatic heterocycles. The Morgan fingerprint density at radius 1 is 1.15 bits per heavy atom. The molecular formula is C26H41N. The molecule has 0 bridgehead atoms. The van der Waals surface area contributed by atoms with Gasteiger partial charge in [0.05, 0.1) is 0 Å².